The first-order chi connectivity index (χ1) is 13.4. The number of benzene rings is 2. The predicted octanol–water partition coefficient (Wildman–Crippen LogP) is 4.49. The second kappa shape index (κ2) is 9.13. The van der Waals surface area contributed by atoms with E-state index in [9.17, 15) is 13.2 Å². The van der Waals surface area contributed by atoms with Crippen molar-refractivity contribution in [2.45, 2.75) is 31.1 Å². The third-order valence-corrected chi connectivity index (χ3v) is 6.50. The Morgan fingerprint density at radius 2 is 1.82 bits per heavy atom. The van der Waals surface area contributed by atoms with Crippen LogP contribution in [0, 0.1) is 3.57 Å². The zero-order valence-electron chi connectivity index (χ0n) is 15.7. The zero-order valence-corrected chi connectivity index (χ0v) is 18.6. The van der Waals surface area contributed by atoms with Gasteiger partial charge >= 0.3 is 16.1 Å². The summed E-state index contributed by atoms with van der Waals surface area (Å²) in [6.45, 7) is 4.20. The number of unbranched alkanes of at least 4 members (excludes halogenated alkanes) is 2. The van der Waals surface area contributed by atoms with Crippen molar-refractivity contribution in [3.05, 3.63) is 52.1 Å². The molecule has 0 saturated carbocycles. The molecule has 2 aromatic rings. The Balaban J connectivity index is 1.68. The molecule has 0 bridgehead atoms. The summed E-state index contributed by atoms with van der Waals surface area (Å²) in [6, 6.07) is 13.1. The number of hydrogen-bond donors (Lipinski definition) is 0. The van der Waals surface area contributed by atoms with Crippen LogP contribution in [0.5, 0.6) is 5.75 Å². The fraction of sp³-hybridized carbons (Fsp3) is 0.350. The number of urea groups is 1. The summed E-state index contributed by atoms with van der Waals surface area (Å²) in [7, 11) is -3.93. The maximum Gasteiger partial charge on any atom is 0.339 e. The van der Waals surface area contributed by atoms with E-state index in [1.165, 1.54) is 12.1 Å². The summed E-state index contributed by atoms with van der Waals surface area (Å²) >= 11 is 2.09. The van der Waals surface area contributed by atoms with Crippen LogP contribution in [0.3, 0.4) is 0 Å². The van der Waals surface area contributed by atoms with Crippen LogP contribution >= 0.6 is 22.6 Å². The molecule has 0 spiro atoms. The van der Waals surface area contributed by atoms with Gasteiger partial charge in [0.05, 0.1) is 0 Å². The average Bonchev–Trinajstić information content (AvgIpc) is 3.02. The van der Waals surface area contributed by atoms with Crippen molar-refractivity contribution in [3.63, 3.8) is 0 Å². The van der Waals surface area contributed by atoms with Gasteiger partial charge in [-0.05, 0) is 71.5 Å². The predicted molar refractivity (Wildman–Crippen MR) is 117 cm³/mol. The minimum absolute atomic E-state index is 0.0261. The largest absolute Gasteiger partial charge is 0.379 e. The first kappa shape index (κ1) is 20.9. The second-order valence-corrected chi connectivity index (χ2v) is 9.41. The Kier molecular flexibility index (Phi) is 6.82. The van der Waals surface area contributed by atoms with E-state index in [1.54, 1.807) is 35.2 Å². The van der Waals surface area contributed by atoms with Crippen molar-refractivity contribution < 1.29 is 17.4 Å². The molecule has 1 saturated heterocycles. The van der Waals surface area contributed by atoms with E-state index in [1.807, 2.05) is 11.0 Å². The Hall–Kier alpha value is -1.81. The summed E-state index contributed by atoms with van der Waals surface area (Å²) in [5, 5.41) is 0. The van der Waals surface area contributed by atoms with Crippen LogP contribution in [0.4, 0.5) is 10.5 Å². The highest BCUT2D eigenvalue weighted by atomic mass is 127. The van der Waals surface area contributed by atoms with Gasteiger partial charge in [-0.3, -0.25) is 4.90 Å². The van der Waals surface area contributed by atoms with Crippen molar-refractivity contribution in [1.82, 2.24) is 4.90 Å². The van der Waals surface area contributed by atoms with Gasteiger partial charge in [-0.15, -0.1) is 0 Å². The lowest BCUT2D eigenvalue weighted by atomic mass is 10.2. The van der Waals surface area contributed by atoms with Gasteiger partial charge in [-0.1, -0.05) is 25.8 Å². The number of rotatable bonds is 8. The minimum Gasteiger partial charge on any atom is -0.379 e. The van der Waals surface area contributed by atoms with Gasteiger partial charge in [-0.2, -0.15) is 8.42 Å². The lowest BCUT2D eigenvalue weighted by Gasteiger charge is -2.19. The van der Waals surface area contributed by atoms with Crippen LogP contribution in [0.1, 0.15) is 26.2 Å². The number of halogens is 1. The number of anilines is 1. The smallest absolute Gasteiger partial charge is 0.339 e. The third-order valence-electron chi connectivity index (χ3n) is 4.57. The summed E-state index contributed by atoms with van der Waals surface area (Å²) < 4.78 is 31.1. The molecule has 2 amide bonds. The van der Waals surface area contributed by atoms with Crippen LogP contribution < -0.4 is 9.08 Å². The monoisotopic (exact) mass is 514 g/mol. The molecular formula is C20H23IN2O4S. The molecule has 0 unspecified atom stereocenters. The number of hydrogen-bond acceptors (Lipinski definition) is 4. The second-order valence-electron chi connectivity index (χ2n) is 6.62. The standard InChI is InChI=1S/C20H23IN2O4S/c1-2-3-4-12-22-13-14-23(20(22)24)17-8-10-19(11-9-17)28(25,26)27-18-7-5-6-16(21)15-18/h5-11,15H,2-4,12-14H2,1H3. The number of nitrogens with zero attached hydrogens (tertiary/aromatic N) is 2. The van der Waals surface area contributed by atoms with E-state index >= 15 is 0 Å². The molecule has 3 rings (SSSR count). The molecule has 6 nitrogen and oxygen atoms in total. The SMILES string of the molecule is CCCCCN1CCN(c2ccc(S(=O)(=O)Oc3cccc(I)c3)cc2)C1=O. The summed E-state index contributed by atoms with van der Waals surface area (Å²) in [5.41, 5.74) is 0.691. The Morgan fingerprint density at radius 3 is 2.50 bits per heavy atom. The highest BCUT2D eigenvalue weighted by Gasteiger charge is 2.29. The summed E-state index contributed by atoms with van der Waals surface area (Å²) in [4.78, 5) is 16.2. The molecule has 8 heteroatoms. The van der Waals surface area contributed by atoms with E-state index < -0.39 is 10.1 Å². The molecule has 28 heavy (non-hydrogen) atoms. The van der Waals surface area contributed by atoms with Crippen LogP contribution in [0.15, 0.2) is 53.4 Å². The molecule has 1 aliphatic heterocycles. The van der Waals surface area contributed by atoms with Gasteiger partial charge in [0.1, 0.15) is 10.6 Å². The average molecular weight is 514 g/mol. The molecular weight excluding hydrogens is 491 g/mol. The lowest BCUT2D eigenvalue weighted by Crippen LogP contribution is -2.32. The highest BCUT2D eigenvalue weighted by Crippen LogP contribution is 2.25. The van der Waals surface area contributed by atoms with E-state index in [0.717, 1.165) is 29.4 Å². The zero-order chi connectivity index (χ0) is 20.1. The summed E-state index contributed by atoms with van der Waals surface area (Å²) in [5.74, 6) is 0.272. The lowest BCUT2D eigenvalue weighted by molar-refractivity contribution is 0.219. The maximum absolute atomic E-state index is 12.6. The van der Waals surface area contributed by atoms with Crippen molar-refractivity contribution in [2.75, 3.05) is 24.5 Å². The van der Waals surface area contributed by atoms with Crippen LogP contribution in [0.2, 0.25) is 0 Å². The maximum atomic E-state index is 12.6. The van der Waals surface area contributed by atoms with Crippen molar-refractivity contribution in [3.8, 4) is 5.75 Å². The highest BCUT2D eigenvalue weighted by molar-refractivity contribution is 14.1. The van der Waals surface area contributed by atoms with Gasteiger partial charge in [0, 0.05) is 28.9 Å². The molecule has 1 fully saturated rings. The molecule has 0 aromatic heterocycles. The van der Waals surface area contributed by atoms with Gasteiger partial charge < -0.3 is 9.08 Å². The first-order valence-corrected chi connectivity index (χ1v) is 11.8. The molecule has 0 aliphatic carbocycles. The molecule has 1 heterocycles. The normalized spacial score (nSPS) is 14.6. The Morgan fingerprint density at radius 1 is 1.07 bits per heavy atom. The number of amides is 2. The van der Waals surface area contributed by atoms with Gasteiger partial charge in [-0.25, -0.2) is 4.79 Å². The fourth-order valence-electron chi connectivity index (χ4n) is 3.07. The van der Waals surface area contributed by atoms with Crippen molar-refractivity contribution in [2.24, 2.45) is 0 Å². The third kappa shape index (κ3) is 4.96. The Labute approximate surface area is 179 Å². The van der Waals surface area contributed by atoms with Gasteiger partial charge in [0.2, 0.25) is 0 Å². The molecule has 0 atom stereocenters. The van der Waals surface area contributed by atoms with Crippen LogP contribution in [-0.4, -0.2) is 39.0 Å². The van der Waals surface area contributed by atoms with Crippen LogP contribution in [-0.2, 0) is 10.1 Å². The molecule has 2 aromatic carbocycles. The molecule has 0 radical (unpaired) electrons. The summed E-state index contributed by atoms with van der Waals surface area (Å²) in [6.07, 6.45) is 3.23. The Bertz CT molecular complexity index is 931. The number of carbonyl (C=O) groups is 1. The number of carbonyl (C=O) groups excluding carboxylic acids is 1. The minimum atomic E-state index is -3.93. The van der Waals surface area contributed by atoms with E-state index in [2.05, 4.69) is 29.5 Å². The van der Waals surface area contributed by atoms with Gasteiger partial charge in [0.25, 0.3) is 0 Å². The van der Waals surface area contributed by atoms with E-state index in [-0.39, 0.29) is 16.7 Å². The van der Waals surface area contributed by atoms with Crippen molar-refractivity contribution in [1.29, 1.82) is 0 Å². The van der Waals surface area contributed by atoms with Crippen LogP contribution in [0.25, 0.3) is 0 Å². The molecule has 1 aliphatic rings. The first-order valence-electron chi connectivity index (χ1n) is 9.27. The molecule has 0 N–H and O–H groups in total. The van der Waals surface area contributed by atoms with Gasteiger partial charge in [0.15, 0.2) is 0 Å². The molecule has 150 valence electrons. The fourth-order valence-corrected chi connectivity index (χ4v) is 4.51. The van der Waals surface area contributed by atoms with Crippen molar-refractivity contribution >= 4 is 44.4 Å². The quantitative estimate of drug-likeness (QED) is 0.296. The van der Waals surface area contributed by atoms with E-state index in [4.69, 9.17) is 4.18 Å². The topological polar surface area (TPSA) is 66.9 Å². The van der Waals surface area contributed by atoms with E-state index in [0.29, 0.717) is 18.8 Å².